The maximum absolute atomic E-state index is 10.4. The highest BCUT2D eigenvalue weighted by Crippen LogP contribution is 2.33. The molecule has 0 aliphatic carbocycles. The van der Waals surface area contributed by atoms with Crippen molar-refractivity contribution in [3.05, 3.63) is 23.8 Å². The largest absolute Gasteiger partial charge is 0.491 e. The minimum Gasteiger partial charge on any atom is -0.491 e. The van der Waals surface area contributed by atoms with Crippen molar-refractivity contribution in [2.24, 2.45) is 5.92 Å². The van der Waals surface area contributed by atoms with Crippen molar-refractivity contribution in [2.45, 2.75) is 31.6 Å². The molecule has 134 valence electrons. The molecule has 0 radical (unpaired) electrons. The number of piperidine rings is 3. The molecular formula is C18H27NO5. The third-order valence-electron chi connectivity index (χ3n) is 5.09. The zero-order chi connectivity index (χ0) is 16.9. The van der Waals surface area contributed by atoms with E-state index in [1.54, 1.807) is 13.2 Å². The Morgan fingerprint density at radius 1 is 1.17 bits per heavy atom. The fourth-order valence-corrected chi connectivity index (χ4v) is 3.65. The van der Waals surface area contributed by atoms with Crippen LogP contribution < -0.4 is 9.47 Å². The van der Waals surface area contributed by atoms with Gasteiger partial charge in [-0.1, -0.05) is 0 Å². The monoisotopic (exact) mass is 337 g/mol. The van der Waals surface area contributed by atoms with Crippen LogP contribution in [0.1, 0.15) is 18.4 Å². The Labute approximate surface area is 142 Å². The molecule has 1 aromatic carbocycles. The van der Waals surface area contributed by atoms with Gasteiger partial charge in [-0.15, -0.1) is 0 Å². The van der Waals surface area contributed by atoms with Crippen molar-refractivity contribution in [2.75, 3.05) is 40.0 Å². The lowest BCUT2D eigenvalue weighted by atomic mass is 9.81. The lowest BCUT2D eigenvalue weighted by Gasteiger charge is -2.48. The van der Waals surface area contributed by atoms with Crippen molar-refractivity contribution < 1.29 is 24.4 Å². The normalized spacial score (nSPS) is 28.8. The van der Waals surface area contributed by atoms with Gasteiger partial charge in [-0.25, -0.2) is 0 Å². The number of methoxy groups -OCH3 is 1. The zero-order valence-electron chi connectivity index (χ0n) is 14.2. The van der Waals surface area contributed by atoms with E-state index in [4.69, 9.17) is 14.2 Å². The van der Waals surface area contributed by atoms with Crippen molar-refractivity contribution >= 4 is 0 Å². The summed E-state index contributed by atoms with van der Waals surface area (Å²) >= 11 is 0. The first-order valence-corrected chi connectivity index (χ1v) is 8.63. The first-order chi connectivity index (χ1) is 11.7. The van der Waals surface area contributed by atoms with E-state index in [1.165, 1.54) is 0 Å². The molecule has 3 fully saturated rings. The van der Waals surface area contributed by atoms with Gasteiger partial charge in [-0.3, -0.25) is 4.90 Å². The molecule has 3 aliphatic heterocycles. The van der Waals surface area contributed by atoms with Gasteiger partial charge in [0.2, 0.25) is 0 Å². The average molecular weight is 337 g/mol. The van der Waals surface area contributed by atoms with Gasteiger partial charge >= 0.3 is 0 Å². The van der Waals surface area contributed by atoms with Crippen molar-refractivity contribution in [1.82, 2.24) is 4.90 Å². The summed E-state index contributed by atoms with van der Waals surface area (Å²) in [6.07, 6.45) is 1.84. The van der Waals surface area contributed by atoms with Crippen LogP contribution in [0.2, 0.25) is 0 Å². The maximum Gasteiger partial charge on any atom is 0.125 e. The molecule has 0 spiro atoms. The van der Waals surface area contributed by atoms with Gasteiger partial charge in [0.15, 0.2) is 0 Å². The van der Waals surface area contributed by atoms with Gasteiger partial charge in [-0.2, -0.15) is 0 Å². The minimum absolute atomic E-state index is 0.0432. The fraction of sp³-hybridized carbons (Fsp3) is 0.667. The lowest BCUT2D eigenvalue weighted by Crippen LogP contribution is -2.59. The highest BCUT2D eigenvalue weighted by molar-refractivity contribution is 5.40. The Balaban J connectivity index is 1.60. The minimum atomic E-state index is -0.318. The van der Waals surface area contributed by atoms with E-state index in [1.807, 2.05) is 12.1 Å². The molecule has 2 N–H and O–H groups in total. The lowest BCUT2D eigenvalue weighted by molar-refractivity contribution is -0.0850. The van der Waals surface area contributed by atoms with Gasteiger partial charge < -0.3 is 24.4 Å². The van der Waals surface area contributed by atoms with E-state index >= 15 is 0 Å². The Kier molecular flexibility index (Phi) is 5.94. The van der Waals surface area contributed by atoms with Crippen molar-refractivity contribution in [1.29, 1.82) is 0 Å². The molecule has 6 nitrogen and oxygen atoms in total. The highest BCUT2D eigenvalue weighted by atomic mass is 16.5. The molecule has 0 aromatic heterocycles. The Hall–Kier alpha value is -1.34. The van der Waals surface area contributed by atoms with Crippen LogP contribution in [0.4, 0.5) is 0 Å². The van der Waals surface area contributed by atoms with E-state index in [0.29, 0.717) is 42.8 Å². The van der Waals surface area contributed by atoms with Gasteiger partial charge in [0.25, 0.3) is 0 Å². The highest BCUT2D eigenvalue weighted by Gasteiger charge is 2.41. The zero-order valence-corrected chi connectivity index (χ0v) is 14.2. The second-order valence-electron chi connectivity index (χ2n) is 6.51. The number of ether oxygens (including phenoxy) is 3. The average Bonchev–Trinajstić information content (AvgIpc) is 2.62. The van der Waals surface area contributed by atoms with Crippen LogP contribution in [0.5, 0.6) is 11.5 Å². The molecule has 2 unspecified atom stereocenters. The summed E-state index contributed by atoms with van der Waals surface area (Å²) in [4.78, 5) is 2.31. The van der Waals surface area contributed by atoms with Gasteiger partial charge in [-0.05, 0) is 50.0 Å². The number of fused-ring (bicyclic) bond motifs is 3. The van der Waals surface area contributed by atoms with Gasteiger partial charge in [0.05, 0.1) is 25.4 Å². The molecule has 0 amide bonds. The summed E-state index contributed by atoms with van der Waals surface area (Å²) < 4.78 is 16.4. The molecule has 0 saturated carbocycles. The number of rotatable bonds is 8. The summed E-state index contributed by atoms with van der Waals surface area (Å²) in [5.41, 5.74) is 0.690. The van der Waals surface area contributed by atoms with Crippen molar-refractivity contribution in [3.63, 3.8) is 0 Å². The summed E-state index contributed by atoms with van der Waals surface area (Å²) in [5, 5.41) is 20.0. The maximum atomic E-state index is 10.4. The molecule has 6 heteroatoms. The summed E-state index contributed by atoms with van der Waals surface area (Å²) in [6, 6.07) is 5.47. The van der Waals surface area contributed by atoms with E-state index < -0.39 is 0 Å². The van der Waals surface area contributed by atoms with Gasteiger partial charge in [0.1, 0.15) is 24.7 Å². The molecule has 2 atom stereocenters. The molecule has 3 aliphatic rings. The first kappa shape index (κ1) is 17.5. The van der Waals surface area contributed by atoms with Crippen LogP contribution in [0.3, 0.4) is 0 Å². The number of nitrogens with zero attached hydrogens (tertiary/aromatic N) is 1. The smallest absolute Gasteiger partial charge is 0.125 e. The summed E-state index contributed by atoms with van der Waals surface area (Å²) in [6.45, 7) is 3.38. The van der Waals surface area contributed by atoms with E-state index in [9.17, 15) is 10.2 Å². The Bertz CT molecular complexity index is 528. The fourth-order valence-electron chi connectivity index (χ4n) is 3.65. The summed E-state index contributed by atoms with van der Waals surface area (Å²) in [7, 11) is 1.63. The van der Waals surface area contributed by atoms with Crippen LogP contribution in [0, 0.1) is 5.92 Å². The van der Waals surface area contributed by atoms with Crippen LogP contribution in [0.25, 0.3) is 0 Å². The van der Waals surface area contributed by atoms with Crippen molar-refractivity contribution in [3.8, 4) is 11.5 Å². The molecule has 1 aromatic rings. The van der Waals surface area contributed by atoms with E-state index in [2.05, 4.69) is 4.90 Å². The van der Waals surface area contributed by atoms with Crippen LogP contribution in [-0.2, 0) is 11.3 Å². The second kappa shape index (κ2) is 8.16. The molecular weight excluding hydrogens is 310 g/mol. The molecule has 3 saturated heterocycles. The predicted molar refractivity (Wildman–Crippen MR) is 89.3 cm³/mol. The topological polar surface area (TPSA) is 71.4 Å². The standard InChI is InChI=1S/C18H27NO5/c1-22-8-9-23-15-2-3-17(14(10-15)11-20)24-12-16-18(21)13-4-6-19(16)7-5-13/h2-3,10,13,16,18,20-21H,4-9,11-12H2,1H3. The van der Waals surface area contributed by atoms with Crippen LogP contribution >= 0.6 is 0 Å². The number of hydrogen-bond acceptors (Lipinski definition) is 6. The first-order valence-electron chi connectivity index (χ1n) is 8.63. The van der Waals surface area contributed by atoms with Crippen LogP contribution in [-0.4, -0.2) is 67.3 Å². The number of aliphatic hydroxyl groups excluding tert-OH is 2. The Morgan fingerprint density at radius 2 is 1.96 bits per heavy atom. The van der Waals surface area contributed by atoms with Gasteiger partial charge in [0, 0.05) is 12.7 Å². The third-order valence-corrected chi connectivity index (χ3v) is 5.09. The Morgan fingerprint density at radius 3 is 2.62 bits per heavy atom. The number of hydrogen-bond donors (Lipinski definition) is 2. The number of aliphatic hydroxyl groups is 2. The molecule has 24 heavy (non-hydrogen) atoms. The summed E-state index contributed by atoms with van der Waals surface area (Å²) in [5.74, 6) is 1.73. The SMILES string of the molecule is COCCOc1ccc(OCC2C(O)C3CCN2CC3)c(CO)c1. The van der Waals surface area contributed by atoms with E-state index in [-0.39, 0.29) is 18.8 Å². The number of benzene rings is 1. The molecule has 4 rings (SSSR count). The second-order valence-corrected chi connectivity index (χ2v) is 6.51. The third kappa shape index (κ3) is 3.83. The predicted octanol–water partition coefficient (Wildman–Crippen LogP) is 1.04. The van der Waals surface area contributed by atoms with Crippen LogP contribution in [0.15, 0.2) is 18.2 Å². The van der Waals surface area contributed by atoms with E-state index in [0.717, 1.165) is 25.9 Å². The molecule has 2 bridgehead atoms. The molecule has 3 heterocycles. The quantitative estimate of drug-likeness (QED) is 0.691.